The van der Waals surface area contributed by atoms with E-state index in [4.69, 9.17) is 5.73 Å². The minimum Gasteiger partial charge on any atom is -0.399 e. The van der Waals surface area contributed by atoms with Crippen LogP contribution in [-0.2, 0) is 22.7 Å². The zero-order chi connectivity index (χ0) is 21.3. The molecule has 0 radical (unpaired) electrons. The lowest BCUT2D eigenvalue weighted by Crippen LogP contribution is -2.52. The second-order valence-electron chi connectivity index (χ2n) is 7.32. The predicted molar refractivity (Wildman–Crippen MR) is 109 cm³/mol. The summed E-state index contributed by atoms with van der Waals surface area (Å²) in [6.45, 7) is 0.576. The molecule has 154 valence electrons. The lowest BCUT2D eigenvalue weighted by molar-refractivity contribution is -0.136. The quantitative estimate of drug-likeness (QED) is 0.448. The van der Waals surface area contributed by atoms with Crippen molar-refractivity contribution in [3.63, 3.8) is 0 Å². The first kappa shape index (κ1) is 19.4. The number of fused-ring (bicyclic) bond motifs is 1. The summed E-state index contributed by atoms with van der Waals surface area (Å²) in [6.07, 6.45) is 0.541. The molecule has 1 saturated heterocycles. The Bertz CT molecular complexity index is 1030. The minimum absolute atomic E-state index is 0.217. The molecule has 1 unspecified atom stereocenters. The molecule has 9 nitrogen and oxygen atoms in total. The van der Waals surface area contributed by atoms with Gasteiger partial charge in [-0.25, -0.2) is 4.79 Å². The van der Waals surface area contributed by atoms with E-state index in [1.807, 2.05) is 6.07 Å². The van der Waals surface area contributed by atoms with E-state index in [9.17, 15) is 19.2 Å². The number of hydrogen-bond acceptors (Lipinski definition) is 5. The van der Waals surface area contributed by atoms with Gasteiger partial charge >= 0.3 is 6.03 Å². The van der Waals surface area contributed by atoms with Crippen LogP contribution in [-0.4, -0.2) is 34.7 Å². The Hall–Kier alpha value is -3.88. The van der Waals surface area contributed by atoms with Gasteiger partial charge in [0.2, 0.25) is 11.8 Å². The van der Waals surface area contributed by atoms with Crippen LogP contribution < -0.4 is 21.7 Å². The van der Waals surface area contributed by atoms with Crippen molar-refractivity contribution in [2.24, 2.45) is 0 Å². The third kappa shape index (κ3) is 3.95. The van der Waals surface area contributed by atoms with Crippen molar-refractivity contribution in [2.45, 2.75) is 32.0 Å². The monoisotopic (exact) mass is 407 g/mol. The van der Waals surface area contributed by atoms with E-state index in [1.165, 1.54) is 4.90 Å². The maximum atomic E-state index is 12.7. The molecule has 0 aliphatic carbocycles. The lowest BCUT2D eigenvalue weighted by Gasteiger charge is -2.29. The Kier molecular flexibility index (Phi) is 5.09. The third-order valence-electron chi connectivity index (χ3n) is 5.21. The highest BCUT2D eigenvalue weighted by Gasteiger charge is 2.39. The average molecular weight is 407 g/mol. The van der Waals surface area contributed by atoms with E-state index in [2.05, 4.69) is 16.0 Å². The van der Waals surface area contributed by atoms with Crippen molar-refractivity contribution < 1.29 is 19.2 Å². The standard InChI is InChI=1S/C21H21N5O4/c22-14-2-4-15(5-3-14)24-21(30)23-10-12-1-6-16-13(9-12)11-26(20(16)29)17-7-8-18(27)25-19(17)28/h1-6,9,17H,7-8,10-11,22H2,(H2,23,24,30)(H,25,27,28). The molecule has 0 bridgehead atoms. The van der Waals surface area contributed by atoms with Crippen molar-refractivity contribution >= 4 is 35.1 Å². The zero-order valence-electron chi connectivity index (χ0n) is 16.1. The molecule has 1 fully saturated rings. The van der Waals surface area contributed by atoms with Crippen LogP contribution in [0.1, 0.15) is 34.3 Å². The van der Waals surface area contributed by atoms with Gasteiger partial charge in [-0.15, -0.1) is 0 Å². The first-order chi connectivity index (χ1) is 14.4. The number of imide groups is 1. The smallest absolute Gasteiger partial charge is 0.319 e. The molecule has 30 heavy (non-hydrogen) atoms. The van der Waals surface area contributed by atoms with Gasteiger partial charge in [0, 0.05) is 36.4 Å². The topological polar surface area (TPSA) is 134 Å². The van der Waals surface area contributed by atoms with Crippen molar-refractivity contribution in [3.05, 3.63) is 59.2 Å². The van der Waals surface area contributed by atoms with Gasteiger partial charge in [0.05, 0.1) is 0 Å². The normalized spacial score (nSPS) is 18.1. The van der Waals surface area contributed by atoms with Crippen LogP contribution in [0.3, 0.4) is 0 Å². The molecule has 2 aromatic carbocycles. The first-order valence-corrected chi connectivity index (χ1v) is 9.57. The number of amides is 5. The fraction of sp³-hybridized carbons (Fsp3) is 0.238. The van der Waals surface area contributed by atoms with Crippen LogP contribution in [0.4, 0.5) is 16.2 Å². The molecule has 5 N–H and O–H groups in total. The molecule has 0 saturated carbocycles. The number of carbonyl (C=O) groups is 4. The number of nitrogens with zero attached hydrogens (tertiary/aromatic N) is 1. The SMILES string of the molecule is Nc1ccc(NC(=O)NCc2ccc3c(c2)CN(C2CCC(=O)NC2=O)C3=O)cc1. The zero-order valence-corrected chi connectivity index (χ0v) is 16.1. The Balaban J connectivity index is 1.38. The van der Waals surface area contributed by atoms with Crippen molar-refractivity contribution in [1.82, 2.24) is 15.5 Å². The van der Waals surface area contributed by atoms with Gasteiger partial charge < -0.3 is 21.3 Å². The molecule has 1 atom stereocenters. The predicted octanol–water partition coefficient (Wildman–Crippen LogP) is 1.35. The second kappa shape index (κ2) is 7.86. The van der Waals surface area contributed by atoms with Crippen molar-refractivity contribution in [3.8, 4) is 0 Å². The van der Waals surface area contributed by atoms with Crippen LogP contribution in [0, 0.1) is 0 Å². The maximum absolute atomic E-state index is 12.7. The number of rotatable bonds is 4. The van der Waals surface area contributed by atoms with E-state index < -0.39 is 11.9 Å². The van der Waals surface area contributed by atoms with Crippen LogP contribution >= 0.6 is 0 Å². The van der Waals surface area contributed by atoms with E-state index >= 15 is 0 Å². The van der Waals surface area contributed by atoms with Gasteiger partial charge in [-0.3, -0.25) is 19.7 Å². The Labute approximate surface area is 172 Å². The highest BCUT2D eigenvalue weighted by Crippen LogP contribution is 2.28. The summed E-state index contributed by atoms with van der Waals surface area (Å²) in [6, 6.07) is 11.1. The molecule has 0 aromatic heterocycles. The van der Waals surface area contributed by atoms with Gasteiger partial charge in [-0.2, -0.15) is 0 Å². The molecule has 2 aromatic rings. The van der Waals surface area contributed by atoms with Gasteiger partial charge in [-0.1, -0.05) is 12.1 Å². The Morgan fingerprint density at radius 2 is 1.90 bits per heavy atom. The molecule has 9 heteroatoms. The molecular weight excluding hydrogens is 386 g/mol. The van der Waals surface area contributed by atoms with Gasteiger partial charge in [0.25, 0.3) is 5.91 Å². The van der Waals surface area contributed by atoms with Gasteiger partial charge in [0.15, 0.2) is 0 Å². The first-order valence-electron chi connectivity index (χ1n) is 9.57. The third-order valence-corrected chi connectivity index (χ3v) is 5.21. The fourth-order valence-corrected chi connectivity index (χ4v) is 3.66. The van der Waals surface area contributed by atoms with Crippen LogP contribution in [0.15, 0.2) is 42.5 Å². The van der Waals surface area contributed by atoms with E-state index in [1.54, 1.807) is 36.4 Å². The molecule has 5 amide bonds. The summed E-state index contributed by atoms with van der Waals surface area (Å²) in [5.41, 5.74) is 9.03. The number of urea groups is 1. The molecule has 2 aliphatic heterocycles. The van der Waals surface area contributed by atoms with E-state index in [0.717, 1.165) is 11.1 Å². The number of piperidine rings is 1. The Morgan fingerprint density at radius 1 is 1.13 bits per heavy atom. The number of hydrogen-bond donors (Lipinski definition) is 4. The van der Waals surface area contributed by atoms with Crippen molar-refractivity contribution in [2.75, 3.05) is 11.1 Å². The summed E-state index contributed by atoms with van der Waals surface area (Å²) >= 11 is 0. The number of benzene rings is 2. The fourth-order valence-electron chi connectivity index (χ4n) is 3.66. The van der Waals surface area contributed by atoms with E-state index in [-0.39, 0.29) is 30.8 Å². The number of nitrogens with one attached hydrogen (secondary N) is 3. The van der Waals surface area contributed by atoms with Crippen LogP contribution in [0.5, 0.6) is 0 Å². The summed E-state index contributed by atoms with van der Waals surface area (Å²) in [5, 5.41) is 7.77. The number of nitrogen functional groups attached to an aromatic ring is 1. The van der Waals surface area contributed by atoms with Crippen LogP contribution in [0.2, 0.25) is 0 Å². The number of carbonyl (C=O) groups excluding carboxylic acids is 4. The summed E-state index contributed by atoms with van der Waals surface area (Å²) in [4.78, 5) is 49.8. The van der Waals surface area contributed by atoms with E-state index in [0.29, 0.717) is 29.9 Å². The van der Waals surface area contributed by atoms with Crippen LogP contribution in [0.25, 0.3) is 0 Å². The number of nitrogens with two attached hydrogens (primary N) is 1. The number of anilines is 2. The highest BCUT2D eigenvalue weighted by molar-refractivity contribution is 6.05. The Morgan fingerprint density at radius 3 is 2.63 bits per heavy atom. The summed E-state index contributed by atoms with van der Waals surface area (Å²) in [7, 11) is 0. The maximum Gasteiger partial charge on any atom is 0.319 e. The molecule has 4 rings (SSSR count). The molecule has 2 aliphatic rings. The molecular formula is C21H21N5O4. The minimum atomic E-state index is -0.644. The molecule has 0 spiro atoms. The van der Waals surface area contributed by atoms with Gasteiger partial charge in [-0.05, 0) is 47.9 Å². The molecule has 2 heterocycles. The van der Waals surface area contributed by atoms with Crippen molar-refractivity contribution in [1.29, 1.82) is 0 Å². The summed E-state index contributed by atoms with van der Waals surface area (Å²) in [5.74, 6) is -0.972. The lowest BCUT2D eigenvalue weighted by atomic mass is 10.0. The highest BCUT2D eigenvalue weighted by atomic mass is 16.2. The average Bonchev–Trinajstić information content (AvgIpc) is 3.04. The second-order valence-corrected chi connectivity index (χ2v) is 7.32. The van der Waals surface area contributed by atoms with Gasteiger partial charge in [0.1, 0.15) is 6.04 Å². The summed E-state index contributed by atoms with van der Waals surface area (Å²) < 4.78 is 0. The largest absolute Gasteiger partial charge is 0.399 e.